The average Bonchev–Trinajstić information content (AvgIpc) is 3.39. The third-order valence-electron chi connectivity index (χ3n) is 10.4. The van der Waals surface area contributed by atoms with Crippen LogP contribution in [0.25, 0.3) is 71.3 Å². The number of hydrogen-bond acceptors (Lipinski definition) is 0. The summed E-state index contributed by atoms with van der Waals surface area (Å²) >= 11 is 0. The normalized spacial score (nSPS) is 12.5. The van der Waals surface area contributed by atoms with E-state index in [-0.39, 0.29) is 0 Å². The SMILES string of the molecule is Cc1ccc2c3c(-c4ccccc4)cccc3n3c4cc(-c5c(C(C)C)cc(C(C)C)cc5C(C)C)cc5cc[n+](C)c(c1c23)c54. The van der Waals surface area contributed by atoms with Crippen molar-refractivity contribution in [3.05, 3.63) is 119 Å². The predicted octanol–water partition coefficient (Wildman–Crippen LogP) is 11.8. The minimum atomic E-state index is 0.415. The van der Waals surface area contributed by atoms with Gasteiger partial charge in [0.05, 0.1) is 27.3 Å². The molecule has 5 aromatic carbocycles. The van der Waals surface area contributed by atoms with Gasteiger partial charge in [-0.3, -0.25) is 0 Å². The number of fused-ring (bicyclic) bond motifs is 5. The Balaban J connectivity index is 1.61. The van der Waals surface area contributed by atoms with E-state index in [2.05, 4.69) is 162 Å². The molecule has 0 saturated heterocycles. The summed E-state index contributed by atoms with van der Waals surface area (Å²) in [5.41, 5.74) is 16.1. The molecule has 0 bridgehead atoms. The molecule has 8 rings (SSSR count). The van der Waals surface area contributed by atoms with Crippen LogP contribution in [0.2, 0.25) is 0 Å². The first-order chi connectivity index (χ1) is 22.2. The van der Waals surface area contributed by atoms with Gasteiger partial charge < -0.3 is 4.40 Å². The third-order valence-corrected chi connectivity index (χ3v) is 10.4. The van der Waals surface area contributed by atoms with E-state index in [1.165, 1.54) is 93.5 Å². The lowest BCUT2D eigenvalue weighted by atomic mass is 9.81. The Labute approximate surface area is 272 Å². The maximum absolute atomic E-state index is 2.59. The molecular formula is C44H43N2+. The molecule has 0 fully saturated rings. The highest BCUT2D eigenvalue weighted by molar-refractivity contribution is 6.28. The maximum atomic E-state index is 2.59. The zero-order valence-corrected chi connectivity index (χ0v) is 28.4. The second-order valence-corrected chi connectivity index (χ2v) is 14.3. The Morgan fingerprint density at radius 1 is 0.609 bits per heavy atom. The van der Waals surface area contributed by atoms with E-state index in [9.17, 15) is 0 Å². The summed E-state index contributed by atoms with van der Waals surface area (Å²) in [6.07, 6.45) is 2.26. The van der Waals surface area contributed by atoms with Crippen molar-refractivity contribution in [2.45, 2.75) is 66.2 Å². The van der Waals surface area contributed by atoms with Gasteiger partial charge in [-0.05, 0) is 92.8 Å². The lowest BCUT2D eigenvalue weighted by molar-refractivity contribution is -0.643. The van der Waals surface area contributed by atoms with Gasteiger partial charge in [0.25, 0.3) is 0 Å². The van der Waals surface area contributed by atoms with Crippen molar-refractivity contribution in [1.82, 2.24) is 4.40 Å². The molecule has 2 heteroatoms. The van der Waals surface area contributed by atoms with E-state index in [4.69, 9.17) is 0 Å². The molecule has 0 spiro atoms. The second-order valence-electron chi connectivity index (χ2n) is 14.3. The van der Waals surface area contributed by atoms with E-state index in [1.54, 1.807) is 0 Å². The molecule has 0 radical (unpaired) electrons. The Hall–Kier alpha value is -4.69. The summed E-state index contributed by atoms with van der Waals surface area (Å²) in [5, 5.41) is 6.60. The molecule has 8 aromatic rings. The van der Waals surface area contributed by atoms with Crippen LogP contribution in [0.3, 0.4) is 0 Å². The van der Waals surface area contributed by atoms with Gasteiger partial charge in [-0.2, -0.15) is 0 Å². The molecule has 228 valence electrons. The van der Waals surface area contributed by atoms with E-state index >= 15 is 0 Å². The molecule has 3 heterocycles. The molecule has 0 aliphatic heterocycles. The standard InChI is InChI=1S/C44H43N2/c1-25(2)31-22-35(26(3)4)40(36(23-31)27(5)6)32-21-30-19-20-45(8)44-39-28(7)17-18-34-42-33(29-13-10-9-11-14-29)15-12-16-37(42)46(43(34)39)38(24-32)41(30)44/h9-27H,1-8H3/q+1. The molecule has 0 aliphatic carbocycles. The number of aromatic nitrogens is 2. The molecular weight excluding hydrogens is 556 g/mol. The van der Waals surface area contributed by atoms with Gasteiger partial charge in [0.1, 0.15) is 7.05 Å². The zero-order chi connectivity index (χ0) is 32.0. The highest BCUT2D eigenvalue weighted by Crippen LogP contribution is 2.46. The van der Waals surface area contributed by atoms with Crippen molar-refractivity contribution in [2.75, 3.05) is 0 Å². The van der Waals surface area contributed by atoms with E-state index in [1.807, 2.05) is 0 Å². The number of pyridine rings is 2. The summed E-state index contributed by atoms with van der Waals surface area (Å²) in [7, 11) is 2.21. The molecule has 2 nitrogen and oxygen atoms in total. The first-order valence-electron chi connectivity index (χ1n) is 16.9. The van der Waals surface area contributed by atoms with E-state index in [0.717, 1.165) is 0 Å². The van der Waals surface area contributed by atoms with Crippen molar-refractivity contribution in [3.63, 3.8) is 0 Å². The Kier molecular flexibility index (Phi) is 6.52. The molecule has 0 atom stereocenters. The molecule has 0 unspecified atom stereocenters. The monoisotopic (exact) mass is 599 g/mol. The van der Waals surface area contributed by atoms with Crippen LogP contribution in [0.15, 0.2) is 97.2 Å². The number of benzene rings is 5. The highest BCUT2D eigenvalue weighted by atomic mass is 15.0. The lowest BCUT2D eigenvalue weighted by Crippen LogP contribution is -2.28. The highest BCUT2D eigenvalue weighted by Gasteiger charge is 2.27. The van der Waals surface area contributed by atoms with Gasteiger partial charge in [0, 0.05) is 16.8 Å². The number of nitrogens with zero attached hydrogens (tertiary/aromatic N) is 2. The van der Waals surface area contributed by atoms with Crippen molar-refractivity contribution in [1.29, 1.82) is 0 Å². The van der Waals surface area contributed by atoms with Crippen LogP contribution in [0.1, 0.15) is 81.5 Å². The fourth-order valence-electron chi connectivity index (χ4n) is 8.06. The van der Waals surface area contributed by atoms with Crippen LogP contribution in [0, 0.1) is 6.92 Å². The topological polar surface area (TPSA) is 8.29 Å². The molecule has 46 heavy (non-hydrogen) atoms. The first-order valence-corrected chi connectivity index (χ1v) is 16.9. The third kappa shape index (κ3) is 4.05. The van der Waals surface area contributed by atoms with Crippen LogP contribution in [0.5, 0.6) is 0 Å². The quantitative estimate of drug-likeness (QED) is 0.106. The van der Waals surface area contributed by atoms with E-state index in [0.29, 0.717) is 17.8 Å². The summed E-state index contributed by atoms with van der Waals surface area (Å²) < 4.78 is 4.92. The Morgan fingerprint density at radius 3 is 2.00 bits per heavy atom. The molecule has 0 aliphatic rings. The Morgan fingerprint density at radius 2 is 1.33 bits per heavy atom. The maximum Gasteiger partial charge on any atom is 0.224 e. The van der Waals surface area contributed by atoms with Crippen LogP contribution >= 0.6 is 0 Å². The van der Waals surface area contributed by atoms with Crippen LogP contribution < -0.4 is 4.57 Å². The van der Waals surface area contributed by atoms with Gasteiger partial charge >= 0.3 is 0 Å². The minimum absolute atomic E-state index is 0.415. The first kappa shape index (κ1) is 28.8. The molecule has 0 N–H and O–H groups in total. The summed E-state index contributed by atoms with van der Waals surface area (Å²) in [4.78, 5) is 0. The largest absolute Gasteiger partial charge is 0.307 e. The van der Waals surface area contributed by atoms with Crippen LogP contribution in [-0.4, -0.2) is 4.40 Å². The van der Waals surface area contributed by atoms with Crippen LogP contribution in [0.4, 0.5) is 0 Å². The number of aryl methyl sites for hydroxylation is 2. The lowest BCUT2D eigenvalue weighted by Gasteiger charge is -2.24. The van der Waals surface area contributed by atoms with Gasteiger partial charge in [-0.25, -0.2) is 4.57 Å². The van der Waals surface area contributed by atoms with Gasteiger partial charge in [-0.1, -0.05) is 108 Å². The van der Waals surface area contributed by atoms with Crippen molar-refractivity contribution < 1.29 is 4.57 Å². The number of hydrogen-bond donors (Lipinski definition) is 0. The smallest absolute Gasteiger partial charge is 0.224 e. The van der Waals surface area contributed by atoms with Crippen LogP contribution in [-0.2, 0) is 7.05 Å². The fourth-order valence-corrected chi connectivity index (χ4v) is 8.06. The summed E-state index contributed by atoms with van der Waals surface area (Å²) in [6.45, 7) is 16.3. The predicted molar refractivity (Wildman–Crippen MR) is 198 cm³/mol. The van der Waals surface area contributed by atoms with Crippen molar-refractivity contribution in [3.8, 4) is 22.3 Å². The minimum Gasteiger partial charge on any atom is -0.307 e. The van der Waals surface area contributed by atoms with E-state index < -0.39 is 0 Å². The summed E-state index contributed by atoms with van der Waals surface area (Å²) in [5.74, 6) is 1.32. The van der Waals surface area contributed by atoms with Gasteiger partial charge in [-0.15, -0.1) is 0 Å². The summed E-state index contributed by atoms with van der Waals surface area (Å²) in [6, 6.07) is 34.7. The molecule has 0 saturated carbocycles. The number of rotatable bonds is 5. The second kappa shape index (κ2) is 10.4. The Bertz CT molecular complexity index is 2430. The van der Waals surface area contributed by atoms with Crippen molar-refractivity contribution in [2.24, 2.45) is 7.05 Å². The van der Waals surface area contributed by atoms with Gasteiger partial charge in [0.2, 0.25) is 5.52 Å². The fraction of sp³-hybridized carbons (Fsp3) is 0.250. The van der Waals surface area contributed by atoms with Gasteiger partial charge in [0.15, 0.2) is 6.20 Å². The van der Waals surface area contributed by atoms with Crippen molar-refractivity contribution >= 4 is 49.0 Å². The average molecular weight is 600 g/mol. The molecule has 3 aromatic heterocycles. The molecule has 0 amide bonds. The zero-order valence-electron chi connectivity index (χ0n) is 28.4.